The number of nitrogens with two attached hydrogens (primary N) is 1. The monoisotopic (exact) mass is 268 g/mol. The van der Waals surface area contributed by atoms with Crippen LogP contribution in [0.25, 0.3) is 0 Å². The first-order chi connectivity index (χ1) is 7.14. The molecule has 0 aromatic heterocycles. The van der Waals surface area contributed by atoms with Gasteiger partial charge in [-0.1, -0.05) is 28.1 Å². The summed E-state index contributed by atoms with van der Waals surface area (Å²) in [6.07, 6.45) is 3.11. The summed E-state index contributed by atoms with van der Waals surface area (Å²) >= 11 is 3.60. The summed E-state index contributed by atoms with van der Waals surface area (Å²) in [5, 5.41) is 3.19. The second-order valence-electron chi connectivity index (χ2n) is 4.45. The van der Waals surface area contributed by atoms with E-state index in [9.17, 15) is 0 Å². The molecule has 0 heterocycles. The van der Waals surface area contributed by atoms with Crippen LogP contribution in [-0.2, 0) is 12.8 Å². The predicted octanol–water partition coefficient (Wildman–Crippen LogP) is 1.85. The molecule has 0 saturated heterocycles. The molecule has 0 radical (unpaired) electrons. The number of rotatable bonds is 2. The van der Waals surface area contributed by atoms with Gasteiger partial charge in [0, 0.05) is 16.6 Å². The zero-order valence-electron chi connectivity index (χ0n) is 9.02. The maximum absolute atomic E-state index is 6.36. The first kappa shape index (κ1) is 11.1. The van der Waals surface area contributed by atoms with Crippen LogP contribution in [0.2, 0.25) is 0 Å². The molecule has 0 saturated carbocycles. The Bertz CT molecular complexity index is 365. The van der Waals surface area contributed by atoms with E-state index in [2.05, 4.69) is 39.4 Å². The highest BCUT2D eigenvalue weighted by Crippen LogP contribution is 2.31. The lowest BCUT2D eigenvalue weighted by atomic mass is 9.78. The van der Waals surface area contributed by atoms with E-state index in [1.165, 1.54) is 15.6 Å². The molecule has 3 N–H and O–H groups in total. The maximum atomic E-state index is 6.36. The molecule has 0 amide bonds. The Morgan fingerprint density at radius 3 is 3.07 bits per heavy atom. The van der Waals surface area contributed by atoms with E-state index in [1.54, 1.807) is 0 Å². The highest BCUT2D eigenvalue weighted by atomic mass is 79.9. The van der Waals surface area contributed by atoms with Crippen molar-refractivity contribution in [2.75, 3.05) is 13.6 Å². The van der Waals surface area contributed by atoms with E-state index in [0.29, 0.717) is 0 Å². The lowest BCUT2D eigenvalue weighted by molar-refractivity contribution is 0.359. The average molecular weight is 269 g/mol. The van der Waals surface area contributed by atoms with Gasteiger partial charge < -0.3 is 11.1 Å². The van der Waals surface area contributed by atoms with Gasteiger partial charge in [-0.25, -0.2) is 0 Å². The molecule has 1 aromatic carbocycles. The number of halogens is 1. The van der Waals surface area contributed by atoms with Crippen LogP contribution in [0.15, 0.2) is 22.7 Å². The Morgan fingerprint density at radius 1 is 1.53 bits per heavy atom. The van der Waals surface area contributed by atoms with Crippen molar-refractivity contribution < 1.29 is 0 Å². The normalized spacial score (nSPS) is 25.0. The third-order valence-corrected chi connectivity index (χ3v) is 3.90. The van der Waals surface area contributed by atoms with E-state index in [1.807, 2.05) is 7.05 Å². The number of nitrogens with one attached hydrogen (secondary N) is 1. The highest BCUT2D eigenvalue weighted by molar-refractivity contribution is 9.10. The van der Waals surface area contributed by atoms with Crippen LogP contribution in [0.3, 0.4) is 0 Å². The zero-order chi connectivity index (χ0) is 10.9. The highest BCUT2D eigenvalue weighted by Gasteiger charge is 2.30. The van der Waals surface area contributed by atoms with Gasteiger partial charge in [0.15, 0.2) is 0 Å². The fourth-order valence-corrected chi connectivity index (χ4v) is 3.00. The third-order valence-electron chi connectivity index (χ3n) is 3.16. The second-order valence-corrected chi connectivity index (χ2v) is 5.30. The SMILES string of the molecule is CNCC1(N)CCc2c(Br)cccc2C1. The van der Waals surface area contributed by atoms with Gasteiger partial charge >= 0.3 is 0 Å². The largest absolute Gasteiger partial charge is 0.324 e. The summed E-state index contributed by atoms with van der Waals surface area (Å²) in [5.74, 6) is 0. The minimum absolute atomic E-state index is 0.0669. The number of fused-ring (bicyclic) bond motifs is 1. The first-order valence-corrected chi connectivity index (χ1v) is 6.14. The van der Waals surface area contributed by atoms with Gasteiger partial charge in [0.05, 0.1) is 0 Å². The fraction of sp³-hybridized carbons (Fsp3) is 0.500. The molecule has 0 aliphatic heterocycles. The van der Waals surface area contributed by atoms with E-state index in [4.69, 9.17) is 5.73 Å². The predicted molar refractivity (Wildman–Crippen MR) is 67.0 cm³/mol. The van der Waals surface area contributed by atoms with Crippen LogP contribution < -0.4 is 11.1 Å². The zero-order valence-corrected chi connectivity index (χ0v) is 10.6. The first-order valence-electron chi connectivity index (χ1n) is 5.34. The van der Waals surface area contributed by atoms with Crippen molar-refractivity contribution in [1.29, 1.82) is 0 Å². The summed E-state index contributed by atoms with van der Waals surface area (Å²) in [7, 11) is 1.96. The van der Waals surface area contributed by atoms with E-state index in [-0.39, 0.29) is 5.54 Å². The van der Waals surface area contributed by atoms with E-state index >= 15 is 0 Å². The Balaban J connectivity index is 2.27. The maximum Gasteiger partial charge on any atom is 0.0324 e. The van der Waals surface area contributed by atoms with Crippen LogP contribution in [0.1, 0.15) is 17.5 Å². The van der Waals surface area contributed by atoms with Crippen molar-refractivity contribution in [2.45, 2.75) is 24.8 Å². The molecule has 1 atom stereocenters. The van der Waals surface area contributed by atoms with Crippen LogP contribution >= 0.6 is 15.9 Å². The summed E-state index contributed by atoms with van der Waals surface area (Å²) in [5.41, 5.74) is 9.13. The molecule has 15 heavy (non-hydrogen) atoms. The molecule has 0 bridgehead atoms. The van der Waals surface area contributed by atoms with Crippen LogP contribution in [0.4, 0.5) is 0 Å². The molecule has 82 valence electrons. The second kappa shape index (κ2) is 4.24. The molecule has 1 aliphatic carbocycles. The van der Waals surface area contributed by atoms with Gasteiger partial charge in [0.2, 0.25) is 0 Å². The van der Waals surface area contributed by atoms with Crippen molar-refractivity contribution in [3.8, 4) is 0 Å². The lowest BCUT2D eigenvalue weighted by Crippen LogP contribution is -2.52. The summed E-state index contributed by atoms with van der Waals surface area (Å²) in [6.45, 7) is 0.888. The van der Waals surface area contributed by atoms with Crippen LogP contribution in [0.5, 0.6) is 0 Å². The van der Waals surface area contributed by atoms with Gasteiger partial charge in [-0.3, -0.25) is 0 Å². The van der Waals surface area contributed by atoms with Crippen molar-refractivity contribution in [3.05, 3.63) is 33.8 Å². The van der Waals surface area contributed by atoms with Gasteiger partial charge in [0.25, 0.3) is 0 Å². The van der Waals surface area contributed by atoms with Gasteiger partial charge in [0.1, 0.15) is 0 Å². The molecule has 2 nitrogen and oxygen atoms in total. The van der Waals surface area contributed by atoms with Gasteiger partial charge in [-0.05, 0) is 43.5 Å². The van der Waals surface area contributed by atoms with Gasteiger partial charge in [-0.15, -0.1) is 0 Å². The molecule has 0 spiro atoms. The van der Waals surface area contributed by atoms with Crippen molar-refractivity contribution >= 4 is 15.9 Å². The lowest BCUT2D eigenvalue weighted by Gasteiger charge is -2.35. The van der Waals surface area contributed by atoms with Crippen molar-refractivity contribution in [2.24, 2.45) is 5.73 Å². The Hall–Kier alpha value is -0.380. The Labute approximate surface area is 99.4 Å². The smallest absolute Gasteiger partial charge is 0.0324 e. The van der Waals surface area contributed by atoms with Crippen LogP contribution in [-0.4, -0.2) is 19.1 Å². The topological polar surface area (TPSA) is 38.0 Å². The van der Waals surface area contributed by atoms with Gasteiger partial charge in [-0.2, -0.15) is 0 Å². The number of likely N-dealkylation sites (N-methyl/N-ethyl adjacent to an activating group) is 1. The van der Waals surface area contributed by atoms with E-state index < -0.39 is 0 Å². The minimum Gasteiger partial charge on any atom is -0.324 e. The summed E-state index contributed by atoms with van der Waals surface area (Å²) in [6, 6.07) is 6.39. The molecule has 1 aliphatic rings. The molecule has 1 unspecified atom stereocenters. The fourth-order valence-electron chi connectivity index (χ4n) is 2.39. The molecule has 1 aromatic rings. The summed E-state index contributed by atoms with van der Waals surface area (Å²) in [4.78, 5) is 0. The standard InChI is InChI=1S/C12H17BrN2/c1-15-8-12(14)6-5-10-9(7-12)3-2-4-11(10)13/h2-4,15H,5-8,14H2,1H3. The van der Waals surface area contributed by atoms with E-state index in [0.717, 1.165) is 25.8 Å². The Morgan fingerprint density at radius 2 is 2.33 bits per heavy atom. The quantitative estimate of drug-likeness (QED) is 0.860. The third kappa shape index (κ3) is 2.25. The molecule has 2 rings (SSSR count). The molecule has 0 fully saturated rings. The molecular weight excluding hydrogens is 252 g/mol. The number of benzene rings is 1. The minimum atomic E-state index is -0.0669. The Kier molecular flexibility index (Phi) is 3.14. The van der Waals surface area contributed by atoms with Crippen LogP contribution in [0, 0.1) is 0 Å². The number of hydrogen-bond donors (Lipinski definition) is 2. The summed E-state index contributed by atoms with van der Waals surface area (Å²) < 4.78 is 1.23. The van der Waals surface area contributed by atoms with Crippen molar-refractivity contribution in [3.63, 3.8) is 0 Å². The number of hydrogen-bond acceptors (Lipinski definition) is 2. The average Bonchev–Trinajstić information content (AvgIpc) is 2.17. The molecule has 3 heteroatoms. The molecular formula is C12H17BrN2. The van der Waals surface area contributed by atoms with Crippen molar-refractivity contribution in [1.82, 2.24) is 5.32 Å².